The highest BCUT2D eigenvalue weighted by molar-refractivity contribution is 5.89. The van der Waals surface area contributed by atoms with Crippen molar-refractivity contribution < 1.29 is 18.3 Å². The smallest absolute Gasteiger partial charge is 0.319 e. The minimum absolute atomic E-state index is 0.0834. The van der Waals surface area contributed by atoms with Crippen molar-refractivity contribution in [1.82, 2.24) is 5.32 Å². The van der Waals surface area contributed by atoms with Gasteiger partial charge in [0, 0.05) is 6.07 Å². The Balaban J connectivity index is 1.79. The van der Waals surface area contributed by atoms with Gasteiger partial charge in [-0.25, -0.2) is 13.6 Å². The first-order valence-corrected chi connectivity index (χ1v) is 7.69. The van der Waals surface area contributed by atoms with E-state index < -0.39 is 17.7 Å². The second kappa shape index (κ2) is 8.29. The third-order valence-corrected chi connectivity index (χ3v) is 3.37. The fourth-order valence-electron chi connectivity index (χ4n) is 2.17. The fraction of sp³-hybridized carbons (Fsp3) is 0.278. The lowest BCUT2D eigenvalue weighted by Gasteiger charge is -2.14. The maximum Gasteiger partial charge on any atom is 0.319 e. The van der Waals surface area contributed by atoms with Crippen LogP contribution in [0.25, 0.3) is 0 Å². The molecule has 0 saturated heterocycles. The van der Waals surface area contributed by atoms with Crippen LogP contribution in [-0.4, -0.2) is 19.2 Å². The van der Waals surface area contributed by atoms with Crippen molar-refractivity contribution in [3.8, 4) is 5.75 Å². The van der Waals surface area contributed by atoms with Gasteiger partial charge in [0.05, 0.1) is 12.2 Å². The van der Waals surface area contributed by atoms with E-state index in [-0.39, 0.29) is 18.8 Å². The largest absolute Gasteiger partial charge is 0.491 e. The molecule has 2 rings (SSSR count). The van der Waals surface area contributed by atoms with E-state index in [4.69, 9.17) is 4.74 Å². The van der Waals surface area contributed by atoms with Gasteiger partial charge in [0.15, 0.2) is 0 Å². The van der Waals surface area contributed by atoms with Gasteiger partial charge in [-0.15, -0.1) is 0 Å². The second-order valence-electron chi connectivity index (χ2n) is 5.55. The number of benzene rings is 2. The highest BCUT2D eigenvalue weighted by Crippen LogP contribution is 2.25. The van der Waals surface area contributed by atoms with Gasteiger partial charge in [-0.2, -0.15) is 0 Å². The Morgan fingerprint density at radius 2 is 1.92 bits per heavy atom. The van der Waals surface area contributed by atoms with Crippen LogP contribution >= 0.6 is 0 Å². The zero-order valence-corrected chi connectivity index (χ0v) is 13.6. The van der Waals surface area contributed by atoms with Crippen LogP contribution in [0.5, 0.6) is 5.75 Å². The fourth-order valence-corrected chi connectivity index (χ4v) is 2.17. The first kappa shape index (κ1) is 17.7. The summed E-state index contributed by atoms with van der Waals surface area (Å²) in [5, 5.41) is 4.87. The average molecular weight is 334 g/mol. The molecule has 24 heavy (non-hydrogen) atoms. The van der Waals surface area contributed by atoms with Crippen molar-refractivity contribution >= 4 is 11.7 Å². The van der Waals surface area contributed by atoms with E-state index in [2.05, 4.69) is 24.5 Å². The molecule has 2 aromatic rings. The molecule has 0 atom stereocenters. The Hall–Kier alpha value is -2.63. The monoisotopic (exact) mass is 334 g/mol. The Labute approximate surface area is 139 Å². The number of rotatable bonds is 6. The van der Waals surface area contributed by atoms with Crippen molar-refractivity contribution in [2.24, 2.45) is 0 Å². The van der Waals surface area contributed by atoms with Crippen LogP contribution in [0.2, 0.25) is 0 Å². The van der Waals surface area contributed by atoms with E-state index in [1.54, 1.807) is 0 Å². The number of anilines is 1. The Kier molecular flexibility index (Phi) is 6.12. The van der Waals surface area contributed by atoms with Crippen LogP contribution < -0.4 is 15.4 Å². The van der Waals surface area contributed by atoms with Gasteiger partial charge in [-0.05, 0) is 29.7 Å². The third kappa shape index (κ3) is 4.94. The molecule has 0 aliphatic heterocycles. The molecule has 0 fully saturated rings. The molecule has 2 aromatic carbocycles. The number of para-hydroxylation sites is 1. The second-order valence-corrected chi connectivity index (χ2v) is 5.55. The summed E-state index contributed by atoms with van der Waals surface area (Å²) in [6, 6.07) is 10.1. The van der Waals surface area contributed by atoms with Crippen molar-refractivity contribution in [2.45, 2.75) is 19.8 Å². The molecule has 0 unspecified atom stereocenters. The molecular formula is C18H20F2N2O2. The highest BCUT2D eigenvalue weighted by atomic mass is 19.1. The van der Waals surface area contributed by atoms with E-state index in [0.717, 1.165) is 17.4 Å². The van der Waals surface area contributed by atoms with Crippen molar-refractivity contribution in [3.05, 3.63) is 59.7 Å². The number of carbonyl (C=O) groups is 1. The molecule has 0 aromatic heterocycles. The molecule has 4 nitrogen and oxygen atoms in total. The topological polar surface area (TPSA) is 50.4 Å². The number of nitrogens with one attached hydrogen (secondary N) is 2. The first-order chi connectivity index (χ1) is 11.5. The molecule has 0 radical (unpaired) electrons. The molecule has 0 heterocycles. The standard InChI is InChI=1S/C18H20F2N2O2/c1-12(2)14-5-3-4-6-17(14)24-10-9-21-18(23)22-16-8-7-13(19)11-15(16)20/h3-8,11-12H,9-10H2,1-2H3,(H2,21,22,23). The average Bonchev–Trinajstić information content (AvgIpc) is 2.54. The lowest BCUT2D eigenvalue weighted by Crippen LogP contribution is -2.32. The lowest BCUT2D eigenvalue weighted by atomic mass is 10.0. The number of halogens is 2. The zero-order valence-electron chi connectivity index (χ0n) is 13.6. The van der Waals surface area contributed by atoms with E-state index in [9.17, 15) is 13.6 Å². The van der Waals surface area contributed by atoms with Crippen LogP contribution in [0.3, 0.4) is 0 Å². The van der Waals surface area contributed by atoms with Crippen molar-refractivity contribution in [2.75, 3.05) is 18.5 Å². The predicted octanol–water partition coefficient (Wildman–Crippen LogP) is 4.29. The summed E-state index contributed by atoms with van der Waals surface area (Å²) in [5.74, 6) is -0.416. The highest BCUT2D eigenvalue weighted by Gasteiger charge is 2.09. The first-order valence-electron chi connectivity index (χ1n) is 7.69. The van der Waals surface area contributed by atoms with Crippen LogP contribution in [-0.2, 0) is 0 Å². The van der Waals surface area contributed by atoms with Gasteiger partial charge in [-0.3, -0.25) is 0 Å². The third-order valence-electron chi connectivity index (χ3n) is 3.37. The number of urea groups is 1. The summed E-state index contributed by atoms with van der Waals surface area (Å²) in [7, 11) is 0. The summed E-state index contributed by atoms with van der Waals surface area (Å²) in [5.41, 5.74) is 1.01. The molecule has 6 heteroatoms. The molecule has 0 aliphatic carbocycles. The van der Waals surface area contributed by atoms with E-state index in [0.29, 0.717) is 12.0 Å². The Bertz CT molecular complexity index is 705. The summed E-state index contributed by atoms with van der Waals surface area (Å²) < 4.78 is 31.9. The van der Waals surface area contributed by atoms with Crippen LogP contribution in [0, 0.1) is 11.6 Å². The normalized spacial score (nSPS) is 10.5. The van der Waals surface area contributed by atoms with E-state index >= 15 is 0 Å². The van der Waals surface area contributed by atoms with Gasteiger partial charge in [0.1, 0.15) is 24.0 Å². The molecule has 128 valence electrons. The van der Waals surface area contributed by atoms with Crippen molar-refractivity contribution in [1.29, 1.82) is 0 Å². The number of hydrogen-bond donors (Lipinski definition) is 2. The molecular weight excluding hydrogens is 314 g/mol. The molecule has 0 aliphatic rings. The molecule has 0 saturated carbocycles. The maximum absolute atomic E-state index is 13.4. The summed E-state index contributed by atoms with van der Waals surface area (Å²) in [6.45, 7) is 4.68. The van der Waals surface area contributed by atoms with Crippen LogP contribution in [0.15, 0.2) is 42.5 Å². The molecule has 0 spiro atoms. The van der Waals surface area contributed by atoms with Gasteiger partial charge in [0.25, 0.3) is 0 Å². The maximum atomic E-state index is 13.4. The number of hydrogen-bond acceptors (Lipinski definition) is 2. The molecule has 0 bridgehead atoms. The number of ether oxygens (including phenoxy) is 1. The number of carbonyl (C=O) groups excluding carboxylic acids is 1. The van der Waals surface area contributed by atoms with E-state index in [1.165, 1.54) is 6.07 Å². The van der Waals surface area contributed by atoms with Gasteiger partial charge >= 0.3 is 6.03 Å². The zero-order chi connectivity index (χ0) is 17.5. The van der Waals surface area contributed by atoms with Gasteiger partial charge in [0.2, 0.25) is 0 Å². The molecule has 2 N–H and O–H groups in total. The quantitative estimate of drug-likeness (QED) is 0.774. The summed E-state index contributed by atoms with van der Waals surface area (Å²) >= 11 is 0. The van der Waals surface area contributed by atoms with Crippen molar-refractivity contribution in [3.63, 3.8) is 0 Å². The van der Waals surface area contributed by atoms with Gasteiger partial charge in [-0.1, -0.05) is 32.0 Å². The minimum Gasteiger partial charge on any atom is -0.491 e. The van der Waals surface area contributed by atoms with E-state index in [1.807, 2.05) is 24.3 Å². The lowest BCUT2D eigenvalue weighted by molar-refractivity contribution is 0.247. The predicted molar refractivity (Wildman–Crippen MR) is 89.4 cm³/mol. The summed E-state index contributed by atoms with van der Waals surface area (Å²) in [4.78, 5) is 11.7. The SMILES string of the molecule is CC(C)c1ccccc1OCCNC(=O)Nc1ccc(F)cc1F. The van der Waals surface area contributed by atoms with Crippen LogP contribution in [0.1, 0.15) is 25.3 Å². The minimum atomic E-state index is -0.827. The summed E-state index contributed by atoms with van der Waals surface area (Å²) in [6.07, 6.45) is 0. The Morgan fingerprint density at radius 1 is 1.17 bits per heavy atom. The van der Waals surface area contributed by atoms with Gasteiger partial charge < -0.3 is 15.4 Å². The van der Waals surface area contributed by atoms with Crippen LogP contribution in [0.4, 0.5) is 19.3 Å². The molecule has 2 amide bonds. The number of amides is 2. The Morgan fingerprint density at radius 3 is 2.62 bits per heavy atom.